The van der Waals surface area contributed by atoms with Gasteiger partial charge in [-0.1, -0.05) is 34.1 Å². The van der Waals surface area contributed by atoms with Crippen LogP contribution in [0.1, 0.15) is 31.9 Å². The number of carbonyl (C=O) groups is 2. The lowest BCUT2D eigenvalue weighted by Crippen LogP contribution is -2.52. The first-order valence-electron chi connectivity index (χ1n) is 10.6. The predicted molar refractivity (Wildman–Crippen MR) is 131 cm³/mol. The maximum absolute atomic E-state index is 13.4. The van der Waals surface area contributed by atoms with Gasteiger partial charge in [-0.3, -0.25) is 13.9 Å². The minimum atomic E-state index is -4.69. The number of sulfonamides is 1. The molecule has 1 atom stereocenters. The molecule has 0 fully saturated rings. The van der Waals surface area contributed by atoms with E-state index >= 15 is 0 Å². The SMILES string of the molecule is CC(C)NC(=O)[C@@H](C)N(Cc1ccc(Br)cc1)C(=O)CN(c1cccc(C(F)(F)F)c1)S(C)(=O)=O. The molecule has 0 aromatic heterocycles. The minimum absolute atomic E-state index is 0.0149. The van der Waals surface area contributed by atoms with Gasteiger partial charge in [-0.05, 0) is 56.7 Å². The summed E-state index contributed by atoms with van der Waals surface area (Å²) in [6.07, 6.45) is -3.89. The van der Waals surface area contributed by atoms with Crippen molar-refractivity contribution in [3.8, 4) is 0 Å². The molecule has 0 aliphatic rings. The number of rotatable bonds is 9. The van der Waals surface area contributed by atoms with Gasteiger partial charge in [-0.2, -0.15) is 13.2 Å². The third-order valence-corrected chi connectivity index (χ3v) is 6.67. The molecule has 2 rings (SSSR count). The number of nitrogens with zero attached hydrogens (tertiary/aromatic N) is 2. The summed E-state index contributed by atoms with van der Waals surface area (Å²) < 4.78 is 66.0. The topological polar surface area (TPSA) is 86.8 Å². The van der Waals surface area contributed by atoms with E-state index in [0.29, 0.717) is 15.9 Å². The molecule has 0 unspecified atom stereocenters. The molecule has 2 aromatic carbocycles. The van der Waals surface area contributed by atoms with Gasteiger partial charge < -0.3 is 10.2 Å². The average Bonchev–Trinajstić information content (AvgIpc) is 2.74. The monoisotopic (exact) mass is 577 g/mol. The van der Waals surface area contributed by atoms with Crippen LogP contribution in [-0.2, 0) is 32.3 Å². The van der Waals surface area contributed by atoms with Crippen molar-refractivity contribution in [3.63, 3.8) is 0 Å². The second kappa shape index (κ2) is 11.4. The van der Waals surface area contributed by atoms with Crippen LogP contribution in [0, 0.1) is 0 Å². The zero-order valence-electron chi connectivity index (χ0n) is 19.6. The highest BCUT2D eigenvalue weighted by Crippen LogP contribution is 2.32. The molecule has 0 spiro atoms. The standard InChI is InChI=1S/C23H27BrF3N3O4S/c1-15(2)28-22(32)16(3)29(13-17-8-10-19(24)11-9-17)21(31)14-30(35(4,33)34)20-7-5-6-18(12-20)23(25,26)27/h5-12,15-16H,13-14H2,1-4H3,(H,28,32)/t16-/m1/s1. The van der Waals surface area contributed by atoms with Crippen LogP contribution in [-0.4, -0.2) is 50.0 Å². The maximum atomic E-state index is 13.4. The number of benzene rings is 2. The van der Waals surface area contributed by atoms with Crippen molar-refractivity contribution in [1.82, 2.24) is 10.2 Å². The van der Waals surface area contributed by atoms with Gasteiger partial charge in [0.15, 0.2) is 0 Å². The Morgan fingerprint density at radius 2 is 1.66 bits per heavy atom. The Morgan fingerprint density at radius 1 is 1.06 bits per heavy atom. The van der Waals surface area contributed by atoms with Crippen LogP contribution in [0.25, 0.3) is 0 Å². The minimum Gasteiger partial charge on any atom is -0.352 e. The lowest BCUT2D eigenvalue weighted by Gasteiger charge is -2.32. The van der Waals surface area contributed by atoms with Crippen molar-refractivity contribution in [1.29, 1.82) is 0 Å². The molecular formula is C23H27BrF3N3O4S. The number of hydrogen-bond acceptors (Lipinski definition) is 4. The molecule has 1 N–H and O–H groups in total. The fourth-order valence-corrected chi connectivity index (χ4v) is 4.33. The first-order valence-corrected chi connectivity index (χ1v) is 13.2. The van der Waals surface area contributed by atoms with E-state index in [1.165, 1.54) is 17.9 Å². The quantitative estimate of drug-likeness (QED) is 0.484. The van der Waals surface area contributed by atoms with Crippen LogP contribution in [0.5, 0.6) is 0 Å². The number of carbonyl (C=O) groups excluding carboxylic acids is 2. The number of amides is 2. The summed E-state index contributed by atoms with van der Waals surface area (Å²) in [5.41, 5.74) is -0.679. The van der Waals surface area contributed by atoms with Crippen LogP contribution in [0.15, 0.2) is 53.0 Å². The van der Waals surface area contributed by atoms with Gasteiger partial charge in [0.1, 0.15) is 12.6 Å². The van der Waals surface area contributed by atoms with E-state index in [1.54, 1.807) is 38.1 Å². The normalized spacial score (nSPS) is 12.8. The first kappa shape index (κ1) is 28.6. The van der Waals surface area contributed by atoms with Crippen LogP contribution in [0.4, 0.5) is 18.9 Å². The van der Waals surface area contributed by atoms with E-state index < -0.39 is 46.2 Å². The van der Waals surface area contributed by atoms with Crippen LogP contribution >= 0.6 is 15.9 Å². The summed E-state index contributed by atoms with van der Waals surface area (Å²) in [6.45, 7) is 4.22. The molecule has 0 aliphatic carbocycles. The highest BCUT2D eigenvalue weighted by atomic mass is 79.9. The lowest BCUT2D eigenvalue weighted by atomic mass is 10.1. The summed E-state index contributed by atoms with van der Waals surface area (Å²) in [7, 11) is -4.14. The Kier molecular flexibility index (Phi) is 9.35. The zero-order chi connectivity index (χ0) is 26.6. The summed E-state index contributed by atoms with van der Waals surface area (Å²) in [4.78, 5) is 27.2. The second-order valence-corrected chi connectivity index (χ2v) is 11.1. The number of alkyl halides is 3. The molecule has 0 bridgehead atoms. The van der Waals surface area contributed by atoms with Crippen molar-refractivity contribution in [2.24, 2.45) is 0 Å². The third kappa shape index (κ3) is 8.24. The Morgan fingerprint density at radius 3 is 2.17 bits per heavy atom. The molecule has 192 valence electrons. The van der Waals surface area contributed by atoms with Gasteiger partial charge in [-0.15, -0.1) is 0 Å². The summed E-state index contributed by atoms with van der Waals surface area (Å²) in [5, 5.41) is 2.71. The maximum Gasteiger partial charge on any atom is 0.416 e. The van der Waals surface area contributed by atoms with Gasteiger partial charge in [0.2, 0.25) is 21.8 Å². The Balaban J connectivity index is 2.43. The molecule has 0 saturated carbocycles. The molecule has 35 heavy (non-hydrogen) atoms. The van der Waals surface area contributed by atoms with Gasteiger partial charge in [0.05, 0.1) is 17.5 Å². The van der Waals surface area contributed by atoms with Gasteiger partial charge in [0, 0.05) is 17.1 Å². The van der Waals surface area contributed by atoms with E-state index in [9.17, 15) is 31.2 Å². The Labute approximate surface area is 211 Å². The van der Waals surface area contributed by atoms with Crippen LogP contribution < -0.4 is 9.62 Å². The van der Waals surface area contributed by atoms with Crippen molar-refractivity contribution < 1.29 is 31.2 Å². The molecule has 12 heteroatoms. The van der Waals surface area contributed by atoms with Gasteiger partial charge in [0.25, 0.3) is 0 Å². The zero-order valence-corrected chi connectivity index (χ0v) is 22.0. The van der Waals surface area contributed by atoms with Crippen molar-refractivity contribution in [2.45, 2.75) is 45.6 Å². The fraction of sp³-hybridized carbons (Fsp3) is 0.391. The summed E-state index contributed by atoms with van der Waals surface area (Å²) >= 11 is 3.32. The molecule has 0 heterocycles. The highest BCUT2D eigenvalue weighted by Gasteiger charge is 2.33. The third-order valence-electron chi connectivity index (χ3n) is 5.01. The highest BCUT2D eigenvalue weighted by molar-refractivity contribution is 9.10. The molecular weight excluding hydrogens is 551 g/mol. The van der Waals surface area contributed by atoms with E-state index in [1.807, 2.05) is 0 Å². The average molecular weight is 578 g/mol. The van der Waals surface area contributed by atoms with E-state index in [2.05, 4.69) is 21.2 Å². The van der Waals surface area contributed by atoms with Crippen molar-refractivity contribution in [3.05, 3.63) is 64.1 Å². The molecule has 0 radical (unpaired) electrons. The van der Waals surface area contributed by atoms with Gasteiger partial charge >= 0.3 is 6.18 Å². The molecule has 0 aliphatic heterocycles. The lowest BCUT2D eigenvalue weighted by molar-refractivity contribution is -0.139. The summed E-state index contributed by atoms with van der Waals surface area (Å²) in [6, 6.07) is 9.52. The first-order chi connectivity index (χ1) is 16.1. The number of hydrogen-bond donors (Lipinski definition) is 1. The fourth-order valence-electron chi connectivity index (χ4n) is 3.23. The second-order valence-electron chi connectivity index (χ2n) is 8.31. The summed E-state index contributed by atoms with van der Waals surface area (Å²) in [5.74, 6) is -1.20. The Hall–Kier alpha value is -2.60. The molecule has 0 saturated heterocycles. The Bertz CT molecular complexity index is 1160. The van der Waals surface area contributed by atoms with Crippen molar-refractivity contribution in [2.75, 3.05) is 17.1 Å². The van der Waals surface area contributed by atoms with Crippen LogP contribution in [0.3, 0.4) is 0 Å². The van der Waals surface area contributed by atoms with E-state index in [4.69, 9.17) is 0 Å². The van der Waals surface area contributed by atoms with Gasteiger partial charge in [-0.25, -0.2) is 8.42 Å². The molecule has 2 amide bonds. The molecule has 7 nitrogen and oxygen atoms in total. The van der Waals surface area contributed by atoms with Crippen molar-refractivity contribution >= 4 is 43.5 Å². The number of nitrogens with one attached hydrogen (secondary N) is 1. The number of anilines is 1. The van der Waals surface area contributed by atoms with E-state index in [0.717, 1.165) is 22.9 Å². The van der Waals surface area contributed by atoms with E-state index in [-0.39, 0.29) is 18.3 Å². The predicted octanol–water partition coefficient (Wildman–Crippen LogP) is 4.18. The van der Waals surface area contributed by atoms with Crippen LogP contribution in [0.2, 0.25) is 0 Å². The smallest absolute Gasteiger partial charge is 0.352 e. The largest absolute Gasteiger partial charge is 0.416 e. The molecule has 2 aromatic rings. The number of halogens is 4.